The maximum absolute atomic E-state index is 13.6. The molecule has 0 bridgehead atoms. The number of hydrogen-bond acceptors (Lipinski definition) is 5. The van der Waals surface area contributed by atoms with Crippen molar-refractivity contribution in [3.8, 4) is 11.3 Å². The molecular weight excluding hydrogens is 508 g/mol. The van der Waals surface area contributed by atoms with Gasteiger partial charge < -0.3 is 4.42 Å². The Kier molecular flexibility index (Phi) is 5.51. The molecule has 0 saturated carbocycles. The lowest BCUT2D eigenvalue weighted by Gasteiger charge is -2.27. The van der Waals surface area contributed by atoms with Crippen LogP contribution in [0.2, 0.25) is 0 Å². The van der Waals surface area contributed by atoms with Crippen molar-refractivity contribution in [1.82, 2.24) is 4.90 Å². The molecule has 6 rings (SSSR count). The van der Waals surface area contributed by atoms with Gasteiger partial charge in [-0.15, -0.1) is 0 Å². The van der Waals surface area contributed by atoms with Crippen LogP contribution < -0.4 is 5.06 Å². The maximum Gasteiger partial charge on any atom is 0.262 e. The smallest absolute Gasteiger partial charge is 0.262 e. The Hall–Kier alpha value is -3.68. The zero-order chi connectivity index (χ0) is 23.9. The van der Waals surface area contributed by atoms with E-state index >= 15 is 0 Å². The number of carbonyl (C=O) groups is 2. The molecule has 2 saturated heterocycles. The van der Waals surface area contributed by atoms with E-state index in [1.54, 1.807) is 5.06 Å². The standard InChI is InChI=1S/C28H21BrN2O4/c29-20-13-11-19(12-14-20)22-15-16-23(34-22)25-24-26(35-31(25)21-9-5-2-6-10-21)28(33)30(27(24)32)17-18-7-3-1-4-8-18/h1-16,24-26H,17H2/t24-,25-,26-/m0/s1. The lowest BCUT2D eigenvalue weighted by Crippen LogP contribution is -2.36. The number of para-hydroxylation sites is 1. The number of anilines is 1. The van der Waals surface area contributed by atoms with Gasteiger partial charge in [0, 0.05) is 10.0 Å². The van der Waals surface area contributed by atoms with Crippen molar-refractivity contribution in [2.45, 2.75) is 18.7 Å². The molecule has 0 radical (unpaired) electrons. The van der Waals surface area contributed by atoms with Gasteiger partial charge in [-0.25, -0.2) is 5.06 Å². The number of imide groups is 1. The van der Waals surface area contributed by atoms with Crippen molar-refractivity contribution in [3.63, 3.8) is 0 Å². The summed E-state index contributed by atoms with van der Waals surface area (Å²) >= 11 is 3.46. The molecule has 3 aromatic carbocycles. The Morgan fingerprint density at radius 1 is 0.771 bits per heavy atom. The fraction of sp³-hybridized carbons (Fsp3) is 0.143. The lowest BCUT2D eigenvalue weighted by molar-refractivity contribution is -0.143. The summed E-state index contributed by atoms with van der Waals surface area (Å²) in [5, 5.41) is 1.65. The van der Waals surface area contributed by atoms with E-state index in [9.17, 15) is 9.59 Å². The van der Waals surface area contributed by atoms with E-state index in [0.29, 0.717) is 11.5 Å². The van der Waals surface area contributed by atoms with Crippen LogP contribution in [0.1, 0.15) is 17.4 Å². The topological polar surface area (TPSA) is 63.0 Å². The molecule has 2 fully saturated rings. The minimum atomic E-state index is -0.905. The maximum atomic E-state index is 13.6. The highest BCUT2D eigenvalue weighted by Gasteiger charge is 2.60. The van der Waals surface area contributed by atoms with E-state index in [2.05, 4.69) is 15.9 Å². The predicted molar refractivity (Wildman–Crippen MR) is 134 cm³/mol. The second-order valence-electron chi connectivity index (χ2n) is 8.62. The van der Waals surface area contributed by atoms with Gasteiger partial charge in [0.15, 0.2) is 6.10 Å². The molecule has 1 aromatic heterocycles. The number of furan rings is 1. The van der Waals surface area contributed by atoms with Crippen LogP contribution in [0.3, 0.4) is 0 Å². The third-order valence-corrected chi connectivity index (χ3v) is 6.98. The predicted octanol–water partition coefficient (Wildman–Crippen LogP) is 5.76. The summed E-state index contributed by atoms with van der Waals surface area (Å²) in [6.07, 6.45) is -0.905. The van der Waals surface area contributed by atoms with Crippen LogP contribution in [0.5, 0.6) is 0 Å². The average molecular weight is 529 g/mol. The molecule has 35 heavy (non-hydrogen) atoms. The summed E-state index contributed by atoms with van der Waals surface area (Å²) in [5.74, 6) is -0.0416. The van der Waals surface area contributed by atoms with Crippen molar-refractivity contribution in [1.29, 1.82) is 0 Å². The average Bonchev–Trinajstić information content (AvgIpc) is 3.58. The summed E-state index contributed by atoms with van der Waals surface area (Å²) in [5.41, 5.74) is 2.56. The molecule has 2 aliphatic heterocycles. The molecule has 0 aliphatic carbocycles. The van der Waals surface area contributed by atoms with Crippen LogP contribution in [-0.2, 0) is 21.0 Å². The SMILES string of the molecule is O=C1[C@@H]2[C@H](ON(c3ccccc3)[C@H]2c2ccc(-c3ccc(Br)cc3)o2)C(=O)N1Cc1ccccc1. The van der Waals surface area contributed by atoms with E-state index in [0.717, 1.165) is 21.3 Å². The summed E-state index contributed by atoms with van der Waals surface area (Å²) in [4.78, 5) is 34.4. The Morgan fingerprint density at radius 2 is 1.46 bits per heavy atom. The van der Waals surface area contributed by atoms with Gasteiger partial charge in [0.2, 0.25) is 5.91 Å². The van der Waals surface area contributed by atoms with E-state index < -0.39 is 18.1 Å². The number of benzene rings is 3. The fourth-order valence-corrected chi connectivity index (χ4v) is 5.03. The molecule has 2 aliphatic rings. The van der Waals surface area contributed by atoms with Crippen molar-refractivity contribution < 1.29 is 18.8 Å². The zero-order valence-electron chi connectivity index (χ0n) is 18.6. The highest BCUT2D eigenvalue weighted by Crippen LogP contribution is 2.47. The number of nitrogens with zero attached hydrogens (tertiary/aromatic N) is 2. The Labute approximate surface area is 210 Å². The van der Waals surface area contributed by atoms with E-state index in [1.165, 1.54) is 4.90 Å². The number of likely N-dealkylation sites (tertiary alicyclic amines) is 1. The number of amides is 2. The molecule has 0 spiro atoms. The van der Waals surface area contributed by atoms with Crippen LogP contribution in [0, 0.1) is 5.92 Å². The van der Waals surface area contributed by atoms with Gasteiger partial charge in [-0.3, -0.25) is 19.3 Å². The van der Waals surface area contributed by atoms with E-state index in [4.69, 9.17) is 9.25 Å². The first kappa shape index (κ1) is 21.8. The summed E-state index contributed by atoms with van der Waals surface area (Å²) in [7, 11) is 0. The summed E-state index contributed by atoms with van der Waals surface area (Å²) in [6, 6.07) is 30.0. The number of halogens is 1. The van der Waals surface area contributed by atoms with Gasteiger partial charge >= 0.3 is 0 Å². The van der Waals surface area contributed by atoms with Crippen molar-refractivity contribution in [2.24, 2.45) is 5.92 Å². The second kappa shape index (κ2) is 8.83. The van der Waals surface area contributed by atoms with Gasteiger partial charge in [-0.1, -0.05) is 76.6 Å². The van der Waals surface area contributed by atoms with Gasteiger partial charge in [0.25, 0.3) is 5.91 Å². The highest BCUT2D eigenvalue weighted by atomic mass is 79.9. The Balaban J connectivity index is 1.37. The number of rotatable bonds is 5. The first-order valence-electron chi connectivity index (χ1n) is 11.4. The van der Waals surface area contributed by atoms with Crippen LogP contribution in [-0.4, -0.2) is 22.8 Å². The third-order valence-electron chi connectivity index (χ3n) is 6.45. The molecule has 3 atom stereocenters. The number of hydroxylamine groups is 1. The van der Waals surface area contributed by atoms with E-state index in [-0.39, 0.29) is 18.4 Å². The lowest BCUT2D eigenvalue weighted by atomic mass is 9.94. The minimum Gasteiger partial charge on any atom is -0.459 e. The summed E-state index contributed by atoms with van der Waals surface area (Å²) < 4.78 is 7.25. The van der Waals surface area contributed by atoms with E-state index in [1.807, 2.05) is 97.1 Å². The molecule has 6 nitrogen and oxygen atoms in total. The fourth-order valence-electron chi connectivity index (χ4n) is 4.76. The molecular formula is C28H21BrN2O4. The van der Waals surface area contributed by atoms with Crippen LogP contribution in [0.4, 0.5) is 5.69 Å². The Morgan fingerprint density at radius 3 is 2.17 bits per heavy atom. The third kappa shape index (κ3) is 3.87. The Bertz CT molecular complexity index is 1370. The van der Waals surface area contributed by atoms with Gasteiger partial charge in [-0.05, 0) is 42.0 Å². The molecule has 7 heteroatoms. The summed E-state index contributed by atoms with van der Waals surface area (Å²) in [6.45, 7) is 0.217. The number of carbonyl (C=O) groups excluding carboxylic acids is 2. The van der Waals surface area contributed by atoms with Crippen LogP contribution in [0.25, 0.3) is 11.3 Å². The highest BCUT2D eigenvalue weighted by molar-refractivity contribution is 9.10. The minimum absolute atomic E-state index is 0.217. The number of fused-ring (bicyclic) bond motifs is 1. The van der Waals surface area contributed by atoms with Crippen molar-refractivity contribution >= 4 is 33.4 Å². The second-order valence-corrected chi connectivity index (χ2v) is 9.53. The zero-order valence-corrected chi connectivity index (χ0v) is 20.2. The molecule has 0 unspecified atom stereocenters. The monoisotopic (exact) mass is 528 g/mol. The first-order chi connectivity index (χ1) is 17.1. The van der Waals surface area contributed by atoms with Crippen LogP contribution >= 0.6 is 15.9 Å². The first-order valence-corrected chi connectivity index (χ1v) is 12.2. The van der Waals surface area contributed by atoms with Gasteiger partial charge in [-0.2, -0.15) is 0 Å². The molecule has 174 valence electrons. The van der Waals surface area contributed by atoms with Crippen molar-refractivity contribution in [3.05, 3.63) is 113 Å². The molecule has 2 amide bonds. The normalized spacial score (nSPS) is 21.6. The number of hydrogen-bond donors (Lipinski definition) is 0. The van der Waals surface area contributed by atoms with Gasteiger partial charge in [0.1, 0.15) is 23.5 Å². The molecule has 3 heterocycles. The molecule has 4 aromatic rings. The van der Waals surface area contributed by atoms with Crippen LogP contribution in [0.15, 0.2) is 106 Å². The molecule has 0 N–H and O–H groups in total. The van der Waals surface area contributed by atoms with Gasteiger partial charge in [0.05, 0.1) is 12.2 Å². The quantitative estimate of drug-likeness (QED) is 0.308. The largest absolute Gasteiger partial charge is 0.459 e. The van der Waals surface area contributed by atoms with Crippen molar-refractivity contribution in [2.75, 3.05) is 5.06 Å².